The molecule has 1 aromatic heterocycles. The molecule has 2 aromatic carbocycles. The SMILES string of the molecule is N#Cc1cccnc1SCC(=O)Nc1ccccc1-c1ccccc1. The normalized spacial score (nSPS) is 10.0. The van der Waals surface area contributed by atoms with Crippen LogP contribution in [-0.2, 0) is 4.79 Å². The zero-order valence-corrected chi connectivity index (χ0v) is 14.2. The molecule has 0 aliphatic carbocycles. The number of rotatable bonds is 5. The van der Waals surface area contributed by atoms with E-state index in [0.29, 0.717) is 10.6 Å². The van der Waals surface area contributed by atoms with Crippen LogP contribution in [0.4, 0.5) is 5.69 Å². The zero-order chi connectivity index (χ0) is 17.5. The molecule has 1 N–H and O–H groups in total. The third kappa shape index (κ3) is 4.25. The smallest absolute Gasteiger partial charge is 0.234 e. The van der Waals surface area contributed by atoms with Gasteiger partial charge in [-0.05, 0) is 23.8 Å². The molecule has 0 fully saturated rings. The summed E-state index contributed by atoms with van der Waals surface area (Å²) in [5, 5.41) is 12.6. The fourth-order valence-corrected chi connectivity index (χ4v) is 3.12. The van der Waals surface area contributed by atoms with Gasteiger partial charge in [-0.15, -0.1) is 0 Å². The van der Waals surface area contributed by atoms with Crippen LogP contribution in [0, 0.1) is 11.3 Å². The molecule has 0 unspecified atom stereocenters. The standard InChI is InChI=1S/C20H15N3OS/c21-13-16-9-6-12-22-20(16)25-14-19(24)23-18-11-5-4-10-17(18)15-7-2-1-3-8-15/h1-12H,14H2,(H,23,24). The van der Waals surface area contributed by atoms with E-state index in [9.17, 15) is 4.79 Å². The van der Waals surface area contributed by atoms with E-state index in [1.165, 1.54) is 11.8 Å². The van der Waals surface area contributed by atoms with Crippen LogP contribution in [0.25, 0.3) is 11.1 Å². The molecule has 0 aliphatic rings. The molecule has 0 atom stereocenters. The fourth-order valence-electron chi connectivity index (χ4n) is 2.37. The van der Waals surface area contributed by atoms with Gasteiger partial charge >= 0.3 is 0 Å². The van der Waals surface area contributed by atoms with Crippen molar-refractivity contribution in [3.63, 3.8) is 0 Å². The molecule has 3 rings (SSSR count). The van der Waals surface area contributed by atoms with Crippen molar-refractivity contribution in [2.24, 2.45) is 0 Å². The number of pyridine rings is 1. The number of nitrogens with one attached hydrogen (secondary N) is 1. The molecule has 5 heteroatoms. The lowest BCUT2D eigenvalue weighted by Gasteiger charge is -2.11. The van der Waals surface area contributed by atoms with Gasteiger partial charge in [-0.25, -0.2) is 4.98 Å². The minimum absolute atomic E-state index is 0.136. The zero-order valence-electron chi connectivity index (χ0n) is 13.3. The summed E-state index contributed by atoms with van der Waals surface area (Å²) >= 11 is 1.25. The van der Waals surface area contributed by atoms with Crippen molar-refractivity contribution < 1.29 is 4.79 Å². The summed E-state index contributed by atoms with van der Waals surface area (Å²) < 4.78 is 0. The number of nitriles is 1. The van der Waals surface area contributed by atoms with Crippen LogP contribution >= 0.6 is 11.8 Å². The maximum atomic E-state index is 12.3. The van der Waals surface area contributed by atoms with E-state index in [1.54, 1.807) is 18.3 Å². The first kappa shape index (κ1) is 16.7. The lowest BCUT2D eigenvalue weighted by molar-refractivity contribution is -0.113. The number of para-hydroxylation sites is 1. The second-order valence-corrected chi connectivity index (χ2v) is 6.18. The van der Waals surface area contributed by atoms with E-state index >= 15 is 0 Å². The van der Waals surface area contributed by atoms with Crippen molar-refractivity contribution in [3.8, 4) is 17.2 Å². The maximum Gasteiger partial charge on any atom is 0.234 e. The van der Waals surface area contributed by atoms with Crippen molar-refractivity contribution in [1.82, 2.24) is 4.98 Å². The third-order valence-corrected chi connectivity index (χ3v) is 4.52. The Morgan fingerprint density at radius 1 is 1.04 bits per heavy atom. The first-order valence-electron chi connectivity index (χ1n) is 7.70. The second-order valence-electron chi connectivity index (χ2n) is 5.22. The van der Waals surface area contributed by atoms with Gasteiger partial charge < -0.3 is 5.32 Å². The molecule has 0 saturated carbocycles. The molecule has 122 valence electrons. The van der Waals surface area contributed by atoms with Crippen molar-refractivity contribution in [1.29, 1.82) is 5.26 Å². The fraction of sp³-hybridized carbons (Fsp3) is 0.0500. The van der Waals surface area contributed by atoms with E-state index in [0.717, 1.165) is 16.8 Å². The number of nitrogens with zero attached hydrogens (tertiary/aromatic N) is 2. The third-order valence-electron chi connectivity index (χ3n) is 3.52. The van der Waals surface area contributed by atoms with E-state index in [4.69, 9.17) is 5.26 Å². The highest BCUT2D eigenvalue weighted by molar-refractivity contribution is 8.00. The van der Waals surface area contributed by atoms with E-state index in [-0.39, 0.29) is 11.7 Å². The average Bonchev–Trinajstić information content (AvgIpc) is 2.67. The summed E-state index contributed by atoms with van der Waals surface area (Å²) in [7, 11) is 0. The number of hydrogen-bond donors (Lipinski definition) is 1. The van der Waals surface area contributed by atoms with Gasteiger partial charge in [0, 0.05) is 17.4 Å². The van der Waals surface area contributed by atoms with Crippen molar-refractivity contribution in [2.45, 2.75) is 5.03 Å². The Balaban J connectivity index is 1.71. The highest BCUT2D eigenvalue weighted by atomic mass is 32.2. The highest BCUT2D eigenvalue weighted by Gasteiger charge is 2.10. The molecular formula is C20H15N3OS. The van der Waals surface area contributed by atoms with Gasteiger partial charge in [0.05, 0.1) is 11.3 Å². The second kappa shape index (κ2) is 8.13. The Morgan fingerprint density at radius 3 is 2.60 bits per heavy atom. The molecule has 0 bridgehead atoms. The Morgan fingerprint density at radius 2 is 1.80 bits per heavy atom. The number of carbonyl (C=O) groups excluding carboxylic acids is 1. The lowest BCUT2D eigenvalue weighted by Crippen LogP contribution is -2.14. The summed E-state index contributed by atoms with van der Waals surface area (Å²) in [4.78, 5) is 16.5. The van der Waals surface area contributed by atoms with Gasteiger partial charge in [0.2, 0.25) is 5.91 Å². The largest absolute Gasteiger partial charge is 0.325 e. The average molecular weight is 345 g/mol. The Hall–Kier alpha value is -3.10. The van der Waals surface area contributed by atoms with Crippen LogP contribution in [0.3, 0.4) is 0 Å². The number of benzene rings is 2. The molecule has 0 saturated heterocycles. The van der Waals surface area contributed by atoms with Gasteiger partial charge in [0.15, 0.2) is 0 Å². The van der Waals surface area contributed by atoms with Crippen LogP contribution in [0.2, 0.25) is 0 Å². The summed E-state index contributed by atoms with van der Waals surface area (Å²) in [5.41, 5.74) is 3.25. The predicted octanol–water partition coefficient (Wildman–Crippen LogP) is 4.35. The number of anilines is 1. The predicted molar refractivity (Wildman–Crippen MR) is 100 cm³/mol. The van der Waals surface area contributed by atoms with Crippen LogP contribution in [0.5, 0.6) is 0 Å². The molecule has 4 nitrogen and oxygen atoms in total. The van der Waals surface area contributed by atoms with Gasteiger partial charge in [-0.1, -0.05) is 60.3 Å². The molecule has 0 spiro atoms. The van der Waals surface area contributed by atoms with Gasteiger partial charge in [0.25, 0.3) is 0 Å². The molecule has 3 aromatic rings. The number of amides is 1. The Labute approximate surface area is 150 Å². The summed E-state index contributed by atoms with van der Waals surface area (Å²) in [6.45, 7) is 0. The van der Waals surface area contributed by atoms with Crippen LogP contribution < -0.4 is 5.32 Å². The number of aromatic nitrogens is 1. The van der Waals surface area contributed by atoms with E-state index < -0.39 is 0 Å². The van der Waals surface area contributed by atoms with Gasteiger partial charge in [0.1, 0.15) is 11.1 Å². The Kier molecular flexibility index (Phi) is 5.45. The topological polar surface area (TPSA) is 65.8 Å². The lowest BCUT2D eigenvalue weighted by atomic mass is 10.0. The molecule has 0 aliphatic heterocycles. The first-order chi connectivity index (χ1) is 12.3. The molecule has 1 amide bonds. The molecule has 25 heavy (non-hydrogen) atoms. The Bertz CT molecular complexity index is 919. The number of hydrogen-bond acceptors (Lipinski definition) is 4. The minimum atomic E-state index is -0.136. The number of carbonyl (C=O) groups is 1. The molecule has 0 radical (unpaired) electrons. The van der Waals surface area contributed by atoms with Gasteiger partial charge in [-0.3, -0.25) is 4.79 Å². The number of thioether (sulfide) groups is 1. The summed E-state index contributed by atoms with van der Waals surface area (Å²) in [6.07, 6.45) is 1.62. The molecular weight excluding hydrogens is 330 g/mol. The van der Waals surface area contributed by atoms with Crippen molar-refractivity contribution >= 4 is 23.4 Å². The van der Waals surface area contributed by atoms with Crippen molar-refractivity contribution in [2.75, 3.05) is 11.1 Å². The minimum Gasteiger partial charge on any atom is -0.325 e. The van der Waals surface area contributed by atoms with E-state index in [1.807, 2.05) is 54.6 Å². The first-order valence-corrected chi connectivity index (χ1v) is 8.68. The monoisotopic (exact) mass is 345 g/mol. The molecule has 1 heterocycles. The van der Waals surface area contributed by atoms with Crippen molar-refractivity contribution in [3.05, 3.63) is 78.5 Å². The van der Waals surface area contributed by atoms with Gasteiger partial charge in [-0.2, -0.15) is 5.26 Å². The van der Waals surface area contributed by atoms with E-state index in [2.05, 4.69) is 16.4 Å². The van der Waals surface area contributed by atoms with Crippen LogP contribution in [-0.4, -0.2) is 16.6 Å². The highest BCUT2D eigenvalue weighted by Crippen LogP contribution is 2.28. The quantitative estimate of drug-likeness (QED) is 0.698. The summed E-state index contributed by atoms with van der Waals surface area (Å²) in [6, 6.07) is 23.1. The van der Waals surface area contributed by atoms with Crippen LogP contribution in [0.1, 0.15) is 5.56 Å². The van der Waals surface area contributed by atoms with Crippen LogP contribution in [0.15, 0.2) is 78.0 Å². The summed E-state index contributed by atoms with van der Waals surface area (Å²) in [5.74, 6) is 0.0531. The maximum absolute atomic E-state index is 12.3.